The average molecular weight is 346 g/mol. The van der Waals surface area contributed by atoms with Crippen molar-refractivity contribution in [2.75, 3.05) is 11.9 Å². The zero-order chi connectivity index (χ0) is 16.9. The number of anilines is 1. The number of carbonyl (C=O) groups is 1. The van der Waals surface area contributed by atoms with Gasteiger partial charge in [-0.3, -0.25) is 9.20 Å². The number of unbranched alkanes of at least 4 members (excludes halogenated alkanes) is 1. The van der Waals surface area contributed by atoms with E-state index in [-0.39, 0.29) is 17.3 Å². The summed E-state index contributed by atoms with van der Waals surface area (Å²) in [6.45, 7) is 3.00. The van der Waals surface area contributed by atoms with Crippen LogP contribution in [-0.2, 0) is 6.54 Å². The van der Waals surface area contributed by atoms with Crippen LogP contribution in [0, 0.1) is 0 Å². The maximum atomic E-state index is 12.6. The van der Waals surface area contributed by atoms with Gasteiger partial charge in [0, 0.05) is 18.1 Å². The topological polar surface area (TPSA) is 79.8 Å². The van der Waals surface area contributed by atoms with Crippen molar-refractivity contribution in [3.63, 3.8) is 0 Å². The van der Waals surface area contributed by atoms with Crippen molar-refractivity contribution < 1.29 is 9.21 Å². The zero-order valence-electron chi connectivity index (χ0n) is 13.3. The molecule has 0 aliphatic carbocycles. The van der Waals surface area contributed by atoms with E-state index in [1.54, 1.807) is 28.8 Å². The monoisotopic (exact) mass is 346 g/mol. The number of aromatic nitrogens is 2. The van der Waals surface area contributed by atoms with Gasteiger partial charge in [0.15, 0.2) is 4.96 Å². The molecule has 8 heteroatoms. The minimum atomic E-state index is -0.339. The number of carbonyl (C=O) groups excluding carboxylic acids is 1. The Bertz CT molecular complexity index is 869. The minimum absolute atomic E-state index is 0.164. The summed E-state index contributed by atoms with van der Waals surface area (Å²) in [4.78, 5) is 31.3. The molecule has 0 aromatic carbocycles. The number of urea groups is 1. The number of nitrogens with one attached hydrogen (secondary N) is 1. The quantitative estimate of drug-likeness (QED) is 0.743. The molecule has 126 valence electrons. The molecule has 3 heterocycles. The summed E-state index contributed by atoms with van der Waals surface area (Å²) in [6.07, 6.45) is 6.45. The fourth-order valence-corrected chi connectivity index (χ4v) is 2.97. The van der Waals surface area contributed by atoms with Gasteiger partial charge < -0.3 is 14.6 Å². The number of nitrogens with zero attached hydrogens (tertiary/aromatic N) is 3. The molecule has 3 rings (SSSR count). The Morgan fingerprint density at radius 3 is 3.12 bits per heavy atom. The largest absolute Gasteiger partial charge is 0.467 e. The fraction of sp³-hybridized carbons (Fsp3) is 0.312. The lowest BCUT2D eigenvalue weighted by Gasteiger charge is -2.21. The van der Waals surface area contributed by atoms with Crippen molar-refractivity contribution in [2.24, 2.45) is 0 Å². The van der Waals surface area contributed by atoms with Crippen LogP contribution in [0.15, 0.2) is 45.4 Å². The first-order valence-corrected chi connectivity index (χ1v) is 8.60. The average Bonchev–Trinajstić information content (AvgIpc) is 3.25. The summed E-state index contributed by atoms with van der Waals surface area (Å²) in [5, 5.41) is 4.45. The summed E-state index contributed by atoms with van der Waals surface area (Å²) < 4.78 is 6.74. The third-order valence-corrected chi connectivity index (χ3v) is 4.35. The number of furan rings is 1. The van der Waals surface area contributed by atoms with Crippen LogP contribution in [-0.4, -0.2) is 26.9 Å². The summed E-state index contributed by atoms with van der Waals surface area (Å²) in [7, 11) is 0. The van der Waals surface area contributed by atoms with Gasteiger partial charge in [-0.25, -0.2) is 9.78 Å². The molecule has 0 saturated heterocycles. The first-order valence-electron chi connectivity index (χ1n) is 7.72. The molecule has 0 spiro atoms. The van der Waals surface area contributed by atoms with Crippen molar-refractivity contribution in [1.82, 2.24) is 14.3 Å². The molecular formula is C16H18N4O3S. The standard InChI is InChI=1S/C16H18N4O3S/c1-2-3-6-19(11-12-5-4-8-23-12)15(22)18-13-10-17-16-20(14(13)21)7-9-24-16/h4-5,7-10H,2-3,6,11H2,1H3,(H,18,22). The maximum absolute atomic E-state index is 12.6. The van der Waals surface area contributed by atoms with E-state index in [0.29, 0.717) is 23.8 Å². The Balaban J connectivity index is 1.78. The van der Waals surface area contributed by atoms with Crippen LogP contribution in [0.25, 0.3) is 4.96 Å². The molecule has 3 aromatic rings. The van der Waals surface area contributed by atoms with E-state index in [9.17, 15) is 9.59 Å². The van der Waals surface area contributed by atoms with E-state index in [2.05, 4.69) is 17.2 Å². The van der Waals surface area contributed by atoms with Gasteiger partial charge in [-0.05, 0) is 18.6 Å². The van der Waals surface area contributed by atoms with Crippen molar-refractivity contribution in [3.05, 3.63) is 52.3 Å². The highest BCUT2D eigenvalue weighted by molar-refractivity contribution is 7.15. The van der Waals surface area contributed by atoms with E-state index in [1.165, 1.54) is 21.9 Å². The van der Waals surface area contributed by atoms with Crippen molar-refractivity contribution >= 4 is 28.0 Å². The number of thiazole rings is 1. The molecule has 0 atom stereocenters. The van der Waals surface area contributed by atoms with Gasteiger partial charge in [-0.15, -0.1) is 11.3 Å². The van der Waals surface area contributed by atoms with Gasteiger partial charge in [0.1, 0.15) is 11.4 Å². The van der Waals surface area contributed by atoms with E-state index in [4.69, 9.17) is 4.42 Å². The first kappa shape index (κ1) is 16.3. The molecule has 3 aromatic heterocycles. The number of hydrogen-bond donors (Lipinski definition) is 1. The third kappa shape index (κ3) is 3.48. The van der Waals surface area contributed by atoms with Crippen LogP contribution >= 0.6 is 11.3 Å². The molecular weight excluding hydrogens is 328 g/mol. The van der Waals surface area contributed by atoms with Crippen LogP contribution in [0.5, 0.6) is 0 Å². The predicted octanol–water partition coefficient (Wildman–Crippen LogP) is 3.18. The Hall–Kier alpha value is -2.61. The summed E-state index contributed by atoms with van der Waals surface area (Å²) in [6, 6.07) is 3.26. The molecule has 24 heavy (non-hydrogen) atoms. The highest BCUT2D eigenvalue weighted by atomic mass is 32.1. The Morgan fingerprint density at radius 2 is 2.38 bits per heavy atom. The zero-order valence-corrected chi connectivity index (χ0v) is 14.1. The van der Waals surface area contributed by atoms with Gasteiger partial charge >= 0.3 is 6.03 Å². The minimum Gasteiger partial charge on any atom is -0.467 e. The van der Waals surface area contributed by atoms with Crippen molar-refractivity contribution in [3.8, 4) is 0 Å². The Kier molecular flexibility index (Phi) is 4.95. The van der Waals surface area contributed by atoms with Crippen LogP contribution in [0.1, 0.15) is 25.5 Å². The molecule has 0 unspecified atom stereocenters. The molecule has 0 saturated carbocycles. The van der Waals surface area contributed by atoms with Gasteiger partial charge in [-0.2, -0.15) is 0 Å². The van der Waals surface area contributed by atoms with Crippen LogP contribution in [0.2, 0.25) is 0 Å². The Labute approximate surface area is 142 Å². The van der Waals surface area contributed by atoms with E-state index >= 15 is 0 Å². The second kappa shape index (κ2) is 7.31. The summed E-state index contributed by atoms with van der Waals surface area (Å²) in [5.41, 5.74) is -0.125. The fourth-order valence-electron chi connectivity index (χ4n) is 2.30. The van der Waals surface area contributed by atoms with E-state index < -0.39 is 0 Å². The molecule has 1 N–H and O–H groups in total. The van der Waals surface area contributed by atoms with E-state index in [1.807, 2.05) is 6.07 Å². The summed E-state index contributed by atoms with van der Waals surface area (Å²) >= 11 is 1.37. The molecule has 2 amide bonds. The lowest BCUT2D eigenvalue weighted by molar-refractivity contribution is 0.203. The second-order valence-electron chi connectivity index (χ2n) is 5.32. The molecule has 0 bridgehead atoms. The van der Waals surface area contributed by atoms with E-state index in [0.717, 1.165) is 12.8 Å². The highest BCUT2D eigenvalue weighted by Gasteiger charge is 2.17. The van der Waals surface area contributed by atoms with Gasteiger partial charge in [-0.1, -0.05) is 13.3 Å². The van der Waals surface area contributed by atoms with Crippen LogP contribution in [0.3, 0.4) is 0 Å². The van der Waals surface area contributed by atoms with Crippen molar-refractivity contribution in [2.45, 2.75) is 26.3 Å². The molecule has 7 nitrogen and oxygen atoms in total. The van der Waals surface area contributed by atoms with Crippen molar-refractivity contribution in [1.29, 1.82) is 0 Å². The van der Waals surface area contributed by atoms with Gasteiger partial charge in [0.2, 0.25) is 0 Å². The number of amides is 2. The smallest absolute Gasteiger partial charge is 0.322 e. The summed E-state index contributed by atoms with van der Waals surface area (Å²) in [5.74, 6) is 0.699. The molecule has 0 aliphatic heterocycles. The Morgan fingerprint density at radius 1 is 1.50 bits per heavy atom. The lowest BCUT2D eigenvalue weighted by atomic mass is 10.3. The van der Waals surface area contributed by atoms with Gasteiger partial charge in [0.25, 0.3) is 5.56 Å². The first-order chi connectivity index (χ1) is 11.7. The SMILES string of the molecule is CCCCN(Cc1ccco1)C(=O)Nc1cnc2sccn2c1=O. The normalized spacial score (nSPS) is 10.9. The predicted molar refractivity (Wildman–Crippen MR) is 92.4 cm³/mol. The highest BCUT2D eigenvalue weighted by Crippen LogP contribution is 2.11. The number of rotatable bonds is 6. The third-order valence-electron chi connectivity index (χ3n) is 3.58. The number of fused-ring (bicyclic) bond motifs is 1. The number of hydrogen-bond acceptors (Lipinski definition) is 5. The lowest BCUT2D eigenvalue weighted by Crippen LogP contribution is -2.36. The van der Waals surface area contributed by atoms with Crippen LogP contribution in [0.4, 0.5) is 10.5 Å². The molecule has 0 fully saturated rings. The maximum Gasteiger partial charge on any atom is 0.322 e. The second-order valence-corrected chi connectivity index (χ2v) is 6.19. The molecule has 0 radical (unpaired) electrons. The molecule has 0 aliphatic rings. The van der Waals surface area contributed by atoms with Gasteiger partial charge in [0.05, 0.1) is 19.0 Å². The van der Waals surface area contributed by atoms with Crippen LogP contribution < -0.4 is 10.9 Å².